The first kappa shape index (κ1) is 13.9. The minimum Gasteiger partial charge on any atom is -0.508 e. The molecule has 0 saturated carbocycles. The van der Waals surface area contributed by atoms with Gasteiger partial charge in [-0.15, -0.1) is 10.2 Å². The van der Waals surface area contributed by atoms with Gasteiger partial charge in [-0.1, -0.05) is 12.1 Å². The SMILES string of the molecule is NC(N=NCc1cccc(O)c1)=NNCC(O)O. The molecule has 0 saturated heterocycles. The maximum Gasteiger partial charge on any atom is 0.256 e. The van der Waals surface area contributed by atoms with Crippen molar-refractivity contribution in [2.75, 3.05) is 6.54 Å². The highest BCUT2D eigenvalue weighted by molar-refractivity contribution is 5.77. The van der Waals surface area contributed by atoms with Gasteiger partial charge in [0.15, 0.2) is 6.29 Å². The molecule has 0 amide bonds. The van der Waals surface area contributed by atoms with Gasteiger partial charge in [-0.25, -0.2) is 0 Å². The second-order valence-electron chi connectivity index (χ2n) is 3.38. The van der Waals surface area contributed by atoms with Crippen LogP contribution in [0.15, 0.2) is 39.6 Å². The monoisotopic (exact) mass is 253 g/mol. The molecule has 6 N–H and O–H groups in total. The van der Waals surface area contributed by atoms with E-state index in [9.17, 15) is 5.11 Å². The second-order valence-corrected chi connectivity index (χ2v) is 3.38. The molecule has 0 spiro atoms. The van der Waals surface area contributed by atoms with Crippen molar-refractivity contribution in [1.29, 1.82) is 0 Å². The lowest BCUT2D eigenvalue weighted by molar-refractivity contribution is -0.0369. The van der Waals surface area contributed by atoms with E-state index in [1.165, 1.54) is 0 Å². The normalized spacial score (nSPS) is 12.3. The minimum absolute atomic E-state index is 0.129. The summed E-state index contributed by atoms with van der Waals surface area (Å²) in [5.74, 6) is 0.0266. The number of hydrazone groups is 1. The van der Waals surface area contributed by atoms with Gasteiger partial charge >= 0.3 is 0 Å². The molecule has 0 aliphatic rings. The molecule has 1 aromatic rings. The number of nitrogens with zero attached hydrogens (tertiary/aromatic N) is 3. The number of aliphatic hydroxyl groups is 2. The highest BCUT2D eigenvalue weighted by Gasteiger charge is 1.95. The van der Waals surface area contributed by atoms with Gasteiger partial charge in [0.05, 0.1) is 13.1 Å². The maximum atomic E-state index is 9.21. The summed E-state index contributed by atoms with van der Waals surface area (Å²) < 4.78 is 0. The molecule has 0 fully saturated rings. The maximum absolute atomic E-state index is 9.21. The molecule has 1 rings (SSSR count). The van der Waals surface area contributed by atoms with Gasteiger partial charge in [0.25, 0.3) is 5.96 Å². The molecule has 8 heteroatoms. The summed E-state index contributed by atoms with van der Waals surface area (Å²) in [6, 6.07) is 6.60. The van der Waals surface area contributed by atoms with Gasteiger partial charge in [-0.3, -0.25) is 0 Å². The van der Waals surface area contributed by atoms with Gasteiger partial charge in [0.2, 0.25) is 0 Å². The molecule has 0 aliphatic heterocycles. The summed E-state index contributed by atoms with van der Waals surface area (Å²) in [7, 11) is 0. The number of hydrogen-bond donors (Lipinski definition) is 5. The standard InChI is InChI=1S/C10H15N5O3/c11-10(15-13-6-9(17)18)14-12-5-7-2-1-3-8(16)4-7/h1-4,9,13,16-18H,5-6H2,(H2,11,15). The Hall–Kier alpha value is -2.19. The van der Waals surface area contributed by atoms with Crippen LogP contribution in [0.5, 0.6) is 5.75 Å². The Morgan fingerprint density at radius 3 is 2.83 bits per heavy atom. The summed E-state index contributed by atoms with van der Waals surface area (Å²) in [5, 5.41) is 37.1. The van der Waals surface area contributed by atoms with Crippen LogP contribution in [0.1, 0.15) is 5.56 Å². The van der Waals surface area contributed by atoms with Crippen LogP contribution in [0.4, 0.5) is 0 Å². The van der Waals surface area contributed by atoms with E-state index in [-0.39, 0.29) is 24.8 Å². The fraction of sp³-hybridized carbons (Fsp3) is 0.300. The van der Waals surface area contributed by atoms with E-state index in [2.05, 4.69) is 20.8 Å². The third-order valence-electron chi connectivity index (χ3n) is 1.80. The summed E-state index contributed by atoms with van der Waals surface area (Å²) in [6.45, 7) is 0.107. The fourth-order valence-corrected chi connectivity index (χ4v) is 1.07. The number of aliphatic hydroxyl groups excluding tert-OH is 1. The quantitative estimate of drug-likeness (QED) is 0.158. The number of nitrogens with two attached hydrogens (primary N) is 1. The average Bonchev–Trinajstić information content (AvgIpc) is 2.28. The largest absolute Gasteiger partial charge is 0.508 e. The number of phenolic OH excluding ortho intramolecular Hbond substituents is 1. The first-order valence-corrected chi connectivity index (χ1v) is 5.15. The smallest absolute Gasteiger partial charge is 0.256 e. The average molecular weight is 253 g/mol. The van der Waals surface area contributed by atoms with Crippen molar-refractivity contribution < 1.29 is 15.3 Å². The van der Waals surface area contributed by atoms with Crippen molar-refractivity contribution in [2.24, 2.45) is 21.1 Å². The Morgan fingerprint density at radius 2 is 2.17 bits per heavy atom. The van der Waals surface area contributed by atoms with E-state index in [1.54, 1.807) is 24.3 Å². The zero-order valence-corrected chi connectivity index (χ0v) is 9.56. The lowest BCUT2D eigenvalue weighted by atomic mass is 10.2. The van der Waals surface area contributed by atoms with Crippen LogP contribution in [-0.4, -0.2) is 34.1 Å². The summed E-state index contributed by atoms with van der Waals surface area (Å²) in [6.07, 6.45) is -1.51. The summed E-state index contributed by atoms with van der Waals surface area (Å²) in [5.41, 5.74) is 8.46. The van der Waals surface area contributed by atoms with Crippen LogP contribution in [-0.2, 0) is 6.54 Å². The number of guanidine groups is 1. The van der Waals surface area contributed by atoms with Gasteiger partial charge in [0.1, 0.15) is 5.75 Å². The van der Waals surface area contributed by atoms with Crippen molar-refractivity contribution in [3.05, 3.63) is 29.8 Å². The van der Waals surface area contributed by atoms with Gasteiger partial charge in [-0.05, 0) is 17.7 Å². The van der Waals surface area contributed by atoms with Crippen LogP contribution in [0, 0.1) is 0 Å². The van der Waals surface area contributed by atoms with Crippen molar-refractivity contribution in [1.82, 2.24) is 5.43 Å². The molecule has 0 aliphatic carbocycles. The molecule has 18 heavy (non-hydrogen) atoms. The van der Waals surface area contributed by atoms with Crippen molar-refractivity contribution in [3.63, 3.8) is 0 Å². The molecule has 0 atom stereocenters. The Bertz CT molecular complexity index is 433. The third kappa shape index (κ3) is 5.77. The first-order chi connectivity index (χ1) is 8.58. The topological polar surface area (TPSA) is 136 Å². The molecule has 1 aromatic carbocycles. The van der Waals surface area contributed by atoms with E-state index in [0.29, 0.717) is 0 Å². The number of aromatic hydroxyl groups is 1. The molecule has 8 nitrogen and oxygen atoms in total. The van der Waals surface area contributed by atoms with Crippen LogP contribution in [0.2, 0.25) is 0 Å². The molecule has 0 bridgehead atoms. The lowest BCUT2D eigenvalue weighted by Crippen LogP contribution is -2.24. The van der Waals surface area contributed by atoms with Crippen molar-refractivity contribution in [2.45, 2.75) is 12.8 Å². The van der Waals surface area contributed by atoms with Crippen molar-refractivity contribution >= 4 is 5.96 Å². The van der Waals surface area contributed by atoms with E-state index >= 15 is 0 Å². The Morgan fingerprint density at radius 1 is 1.39 bits per heavy atom. The fourth-order valence-electron chi connectivity index (χ4n) is 1.07. The molecule has 0 aromatic heterocycles. The number of nitrogens with one attached hydrogen (secondary N) is 1. The molecule has 0 heterocycles. The van der Waals surface area contributed by atoms with Gasteiger partial charge < -0.3 is 26.5 Å². The predicted molar refractivity (Wildman–Crippen MR) is 64.5 cm³/mol. The number of rotatable bonds is 5. The lowest BCUT2D eigenvalue weighted by Gasteiger charge is -2.01. The van der Waals surface area contributed by atoms with E-state index in [4.69, 9.17) is 15.9 Å². The van der Waals surface area contributed by atoms with Crippen LogP contribution in [0.25, 0.3) is 0 Å². The minimum atomic E-state index is -1.51. The first-order valence-electron chi connectivity index (χ1n) is 5.15. The number of benzene rings is 1. The Labute approximate surface area is 103 Å². The zero-order valence-electron chi connectivity index (χ0n) is 9.56. The number of phenols is 1. The van der Waals surface area contributed by atoms with Crippen LogP contribution >= 0.6 is 0 Å². The van der Waals surface area contributed by atoms with Crippen LogP contribution < -0.4 is 11.2 Å². The Balaban J connectivity index is 2.40. The summed E-state index contributed by atoms with van der Waals surface area (Å²) >= 11 is 0. The zero-order chi connectivity index (χ0) is 13.4. The highest BCUT2D eigenvalue weighted by Crippen LogP contribution is 2.11. The van der Waals surface area contributed by atoms with Crippen molar-refractivity contribution in [3.8, 4) is 5.75 Å². The number of hydrogen-bond acceptors (Lipinski definition) is 6. The molecular formula is C10H15N5O3. The molecule has 98 valence electrons. The predicted octanol–water partition coefficient (Wildman–Crippen LogP) is -0.526. The highest BCUT2D eigenvalue weighted by atomic mass is 16.5. The summed E-state index contributed by atoms with van der Waals surface area (Å²) in [4.78, 5) is 0. The van der Waals surface area contributed by atoms with Crippen LogP contribution in [0.3, 0.4) is 0 Å². The second kappa shape index (κ2) is 7.20. The number of azo groups is 1. The molecule has 0 unspecified atom stereocenters. The third-order valence-corrected chi connectivity index (χ3v) is 1.80. The Kier molecular flexibility index (Phi) is 5.55. The molecule has 0 radical (unpaired) electrons. The van der Waals surface area contributed by atoms with E-state index in [1.807, 2.05) is 0 Å². The van der Waals surface area contributed by atoms with Gasteiger partial charge in [0, 0.05) is 0 Å². The molecular weight excluding hydrogens is 238 g/mol. The van der Waals surface area contributed by atoms with E-state index in [0.717, 1.165) is 5.56 Å². The van der Waals surface area contributed by atoms with E-state index < -0.39 is 6.29 Å². The van der Waals surface area contributed by atoms with Gasteiger partial charge in [-0.2, -0.15) is 5.11 Å².